The van der Waals surface area contributed by atoms with E-state index in [4.69, 9.17) is 23.2 Å². The maximum atomic E-state index is 13.8. The van der Waals surface area contributed by atoms with Crippen molar-refractivity contribution in [3.05, 3.63) is 100 Å². The molecule has 0 unspecified atom stereocenters. The molecule has 0 radical (unpaired) electrons. The Morgan fingerprint density at radius 2 is 1.52 bits per heavy atom. The van der Waals surface area contributed by atoms with E-state index in [0.29, 0.717) is 54.5 Å². The number of rotatable bonds is 10. The number of nitrogens with zero attached hydrogens (tertiary/aromatic N) is 3. The summed E-state index contributed by atoms with van der Waals surface area (Å²) in [5.41, 5.74) is 1.42. The predicted molar refractivity (Wildman–Crippen MR) is 158 cm³/mol. The molecule has 0 atom stereocenters. The van der Waals surface area contributed by atoms with Gasteiger partial charge in [0.05, 0.1) is 21.5 Å². The molecule has 0 aliphatic carbocycles. The van der Waals surface area contributed by atoms with E-state index < -0.39 is 10.0 Å². The molecule has 1 saturated heterocycles. The summed E-state index contributed by atoms with van der Waals surface area (Å²) >= 11 is 12.1. The van der Waals surface area contributed by atoms with Gasteiger partial charge < -0.3 is 9.80 Å². The molecule has 0 N–H and O–H groups in total. The first-order valence-corrected chi connectivity index (χ1v) is 15.5. The summed E-state index contributed by atoms with van der Waals surface area (Å²) in [5.74, 6) is -0.396. The van der Waals surface area contributed by atoms with Crippen molar-refractivity contribution in [2.45, 2.75) is 43.7 Å². The predicted octanol–water partition coefficient (Wildman–Crippen LogP) is 5.73. The fourth-order valence-electron chi connectivity index (χ4n) is 4.91. The van der Waals surface area contributed by atoms with Gasteiger partial charge >= 0.3 is 0 Å². The first-order chi connectivity index (χ1) is 19.2. The van der Waals surface area contributed by atoms with Crippen molar-refractivity contribution in [3.63, 3.8) is 0 Å². The van der Waals surface area contributed by atoms with Crippen LogP contribution < -0.4 is 0 Å². The topological polar surface area (TPSA) is 78.0 Å². The summed E-state index contributed by atoms with van der Waals surface area (Å²) in [6.07, 6.45) is 1.73. The standard InChI is InChI=1S/C30H33Cl2N3O4S/c1-2-17-34(40(38,39)26-11-7-4-8-12-26)22-29(36)35(21-23-9-5-3-6-10-23)25-15-18-33(19-16-25)30(37)24-13-14-27(31)28(32)20-24/h3-14,20,25H,2,15-19,21-22H2,1H3. The first kappa shape index (κ1) is 30.1. The second-order valence-electron chi connectivity index (χ2n) is 9.81. The van der Waals surface area contributed by atoms with Crippen LogP contribution in [0.25, 0.3) is 0 Å². The van der Waals surface area contributed by atoms with E-state index in [1.807, 2.05) is 37.3 Å². The minimum atomic E-state index is -3.84. The van der Waals surface area contributed by atoms with E-state index in [9.17, 15) is 18.0 Å². The number of carbonyl (C=O) groups excluding carboxylic acids is 2. The third-order valence-corrected chi connectivity index (χ3v) is 9.64. The lowest BCUT2D eigenvalue weighted by Gasteiger charge is -2.39. The molecular formula is C30H33Cl2N3O4S. The second-order valence-corrected chi connectivity index (χ2v) is 12.6. The largest absolute Gasteiger partial charge is 0.338 e. The fourth-order valence-corrected chi connectivity index (χ4v) is 6.71. The molecule has 1 aliphatic rings. The second kappa shape index (κ2) is 13.6. The van der Waals surface area contributed by atoms with E-state index >= 15 is 0 Å². The van der Waals surface area contributed by atoms with E-state index in [1.54, 1.807) is 58.3 Å². The van der Waals surface area contributed by atoms with Crippen molar-refractivity contribution in [3.8, 4) is 0 Å². The van der Waals surface area contributed by atoms with Gasteiger partial charge in [0.1, 0.15) is 0 Å². The zero-order valence-corrected chi connectivity index (χ0v) is 24.7. The van der Waals surface area contributed by atoms with E-state index in [-0.39, 0.29) is 35.8 Å². The average molecular weight is 603 g/mol. The van der Waals surface area contributed by atoms with Crippen LogP contribution in [0.1, 0.15) is 42.1 Å². The molecule has 2 amide bonds. The maximum Gasteiger partial charge on any atom is 0.253 e. The van der Waals surface area contributed by atoms with Crippen LogP contribution in [-0.2, 0) is 21.4 Å². The van der Waals surface area contributed by atoms with Crippen molar-refractivity contribution in [1.29, 1.82) is 0 Å². The van der Waals surface area contributed by atoms with Crippen molar-refractivity contribution in [2.75, 3.05) is 26.2 Å². The average Bonchev–Trinajstić information content (AvgIpc) is 2.97. The highest BCUT2D eigenvalue weighted by atomic mass is 35.5. The number of carbonyl (C=O) groups is 2. The number of benzene rings is 3. The Balaban J connectivity index is 1.51. The lowest BCUT2D eigenvalue weighted by molar-refractivity contribution is -0.135. The van der Waals surface area contributed by atoms with Crippen molar-refractivity contribution >= 4 is 45.0 Å². The van der Waals surface area contributed by atoms with Gasteiger partial charge in [-0.2, -0.15) is 4.31 Å². The first-order valence-electron chi connectivity index (χ1n) is 13.3. The highest BCUT2D eigenvalue weighted by molar-refractivity contribution is 7.89. The molecule has 1 aliphatic heterocycles. The molecular weight excluding hydrogens is 569 g/mol. The summed E-state index contributed by atoms with van der Waals surface area (Å²) in [5, 5.41) is 0.711. The van der Waals surface area contributed by atoms with Crippen LogP contribution in [0.15, 0.2) is 83.8 Å². The molecule has 0 aromatic heterocycles. The Kier molecular flexibility index (Phi) is 10.2. The molecule has 4 rings (SSSR count). The molecule has 1 fully saturated rings. The molecule has 3 aromatic rings. The van der Waals surface area contributed by atoms with Crippen molar-refractivity contribution < 1.29 is 18.0 Å². The third kappa shape index (κ3) is 7.23. The highest BCUT2D eigenvalue weighted by Crippen LogP contribution is 2.26. The van der Waals surface area contributed by atoms with Gasteiger partial charge in [0.15, 0.2) is 0 Å². The van der Waals surface area contributed by atoms with E-state index in [2.05, 4.69) is 0 Å². The Hall–Kier alpha value is -2.91. The molecule has 1 heterocycles. The minimum Gasteiger partial charge on any atom is -0.338 e. The molecule has 0 bridgehead atoms. The third-order valence-electron chi connectivity index (χ3n) is 7.04. The number of amides is 2. The molecule has 3 aromatic carbocycles. The zero-order valence-electron chi connectivity index (χ0n) is 22.4. The van der Waals surface area contributed by atoms with Gasteiger partial charge in [0, 0.05) is 37.8 Å². The van der Waals surface area contributed by atoms with Gasteiger partial charge in [-0.05, 0) is 55.2 Å². The van der Waals surface area contributed by atoms with E-state index in [1.165, 1.54) is 4.31 Å². The monoisotopic (exact) mass is 601 g/mol. The zero-order chi connectivity index (χ0) is 28.7. The van der Waals surface area contributed by atoms with Gasteiger partial charge in [-0.3, -0.25) is 9.59 Å². The van der Waals surface area contributed by atoms with Gasteiger partial charge in [-0.25, -0.2) is 8.42 Å². The molecule has 0 saturated carbocycles. The minimum absolute atomic E-state index is 0.138. The summed E-state index contributed by atoms with van der Waals surface area (Å²) in [6, 6.07) is 22.5. The molecule has 7 nitrogen and oxygen atoms in total. The summed E-state index contributed by atoms with van der Waals surface area (Å²) < 4.78 is 28.1. The Morgan fingerprint density at radius 1 is 0.900 bits per heavy atom. The van der Waals surface area contributed by atoms with E-state index in [0.717, 1.165) is 5.56 Å². The van der Waals surface area contributed by atoms with Crippen LogP contribution in [-0.4, -0.2) is 66.6 Å². The SMILES string of the molecule is CCCN(CC(=O)N(Cc1ccccc1)C1CCN(C(=O)c2ccc(Cl)c(Cl)c2)CC1)S(=O)(=O)c1ccccc1. The fraction of sp³-hybridized carbons (Fsp3) is 0.333. The lowest BCUT2D eigenvalue weighted by Crippen LogP contribution is -2.51. The molecule has 212 valence electrons. The van der Waals surface area contributed by atoms with Crippen LogP contribution in [0, 0.1) is 0 Å². The van der Waals surface area contributed by atoms with Gasteiger partial charge in [-0.15, -0.1) is 0 Å². The summed E-state index contributed by atoms with van der Waals surface area (Å²) in [4.78, 5) is 30.6. The molecule has 40 heavy (non-hydrogen) atoms. The quantitative estimate of drug-likeness (QED) is 0.297. The van der Waals surface area contributed by atoms with Crippen LogP contribution in [0.4, 0.5) is 0 Å². The number of sulfonamides is 1. The Labute approximate surface area is 246 Å². The van der Waals surface area contributed by atoms with Crippen molar-refractivity contribution in [2.24, 2.45) is 0 Å². The number of hydrogen-bond donors (Lipinski definition) is 0. The number of hydrogen-bond acceptors (Lipinski definition) is 4. The van der Waals surface area contributed by atoms with Gasteiger partial charge in [0.2, 0.25) is 15.9 Å². The smallest absolute Gasteiger partial charge is 0.253 e. The van der Waals surface area contributed by atoms with Crippen LogP contribution >= 0.6 is 23.2 Å². The lowest BCUT2D eigenvalue weighted by atomic mass is 10.0. The van der Waals surface area contributed by atoms with Crippen molar-refractivity contribution in [1.82, 2.24) is 14.1 Å². The van der Waals surface area contributed by atoms with Crippen LogP contribution in [0.5, 0.6) is 0 Å². The number of halogens is 2. The Bertz CT molecular complexity index is 1410. The molecule has 0 spiro atoms. The van der Waals surface area contributed by atoms with Gasteiger partial charge in [0.25, 0.3) is 5.91 Å². The Morgan fingerprint density at radius 3 is 2.12 bits per heavy atom. The van der Waals surface area contributed by atoms with Crippen LogP contribution in [0.3, 0.4) is 0 Å². The molecule has 10 heteroatoms. The number of piperidine rings is 1. The number of likely N-dealkylation sites (tertiary alicyclic amines) is 1. The normalized spacial score (nSPS) is 14.3. The summed E-state index contributed by atoms with van der Waals surface area (Å²) in [6.45, 7) is 3.16. The highest BCUT2D eigenvalue weighted by Gasteiger charge is 2.33. The maximum absolute atomic E-state index is 13.8. The van der Waals surface area contributed by atoms with Gasteiger partial charge in [-0.1, -0.05) is 78.7 Å². The van der Waals surface area contributed by atoms with Crippen LogP contribution in [0.2, 0.25) is 10.0 Å². The summed E-state index contributed by atoms with van der Waals surface area (Å²) in [7, 11) is -3.84.